The van der Waals surface area contributed by atoms with E-state index in [2.05, 4.69) is 16.1 Å². The van der Waals surface area contributed by atoms with E-state index < -0.39 is 15.9 Å². The molecule has 0 spiro atoms. The van der Waals surface area contributed by atoms with Crippen molar-refractivity contribution in [2.24, 2.45) is 0 Å². The second kappa shape index (κ2) is 8.37. The van der Waals surface area contributed by atoms with Gasteiger partial charge >= 0.3 is 0 Å². The number of para-hydroxylation sites is 1. The van der Waals surface area contributed by atoms with Crippen LogP contribution in [0.25, 0.3) is 0 Å². The van der Waals surface area contributed by atoms with Crippen LogP contribution in [-0.4, -0.2) is 14.3 Å². The van der Waals surface area contributed by atoms with Gasteiger partial charge < -0.3 is 5.32 Å². The molecule has 0 aromatic heterocycles. The lowest BCUT2D eigenvalue weighted by molar-refractivity contribution is 0.102. The van der Waals surface area contributed by atoms with Gasteiger partial charge in [0, 0.05) is 5.69 Å². The highest BCUT2D eigenvalue weighted by Gasteiger charge is 2.18. The summed E-state index contributed by atoms with van der Waals surface area (Å²) in [6, 6.07) is 23.3. The predicted octanol–water partition coefficient (Wildman–Crippen LogP) is 3.81. The molecule has 0 heterocycles. The van der Waals surface area contributed by atoms with Crippen molar-refractivity contribution < 1.29 is 13.2 Å². The van der Waals surface area contributed by atoms with Gasteiger partial charge in [-0.3, -0.25) is 9.52 Å². The molecule has 6 nitrogen and oxygen atoms in total. The van der Waals surface area contributed by atoms with Crippen LogP contribution in [0.2, 0.25) is 0 Å². The summed E-state index contributed by atoms with van der Waals surface area (Å²) >= 11 is 0. The van der Waals surface area contributed by atoms with Crippen LogP contribution in [-0.2, 0) is 16.4 Å². The fourth-order valence-electron chi connectivity index (χ4n) is 2.57. The van der Waals surface area contributed by atoms with Crippen molar-refractivity contribution >= 4 is 27.3 Å². The molecule has 0 unspecified atom stereocenters. The number of hydrogen-bond acceptors (Lipinski definition) is 4. The van der Waals surface area contributed by atoms with E-state index in [4.69, 9.17) is 5.26 Å². The molecule has 28 heavy (non-hydrogen) atoms. The van der Waals surface area contributed by atoms with Crippen molar-refractivity contribution in [1.82, 2.24) is 0 Å². The van der Waals surface area contributed by atoms with Crippen molar-refractivity contribution in [3.8, 4) is 6.07 Å². The Labute approximate surface area is 163 Å². The molecular formula is C21H17N3O3S. The summed E-state index contributed by atoms with van der Waals surface area (Å²) in [5, 5.41) is 11.4. The molecule has 7 heteroatoms. The third-order valence-electron chi connectivity index (χ3n) is 3.96. The number of rotatable bonds is 6. The third-order valence-corrected chi connectivity index (χ3v) is 5.35. The number of hydrogen-bond donors (Lipinski definition) is 2. The summed E-state index contributed by atoms with van der Waals surface area (Å²) in [4.78, 5) is 12.8. The summed E-state index contributed by atoms with van der Waals surface area (Å²) in [5.41, 5.74) is 1.77. The zero-order valence-electron chi connectivity index (χ0n) is 14.8. The Balaban J connectivity index is 1.82. The molecule has 2 N–H and O–H groups in total. The summed E-state index contributed by atoms with van der Waals surface area (Å²) < 4.78 is 27.6. The van der Waals surface area contributed by atoms with Crippen LogP contribution in [0.3, 0.4) is 0 Å². The Kier molecular flexibility index (Phi) is 5.72. The van der Waals surface area contributed by atoms with Gasteiger partial charge in [-0.15, -0.1) is 0 Å². The van der Waals surface area contributed by atoms with Crippen LogP contribution in [0.4, 0.5) is 11.4 Å². The average molecular weight is 391 g/mol. The topological polar surface area (TPSA) is 99.1 Å². The second-order valence-electron chi connectivity index (χ2n) is 5.95. The first-order chi connectivity index (χ1) is 13.5. The van der Waals surface area contributed by atoms with E-state index in [0.29, 0.717) is 12.1 Å². The van der Waals surface area contributed by atoms with Gasteiger partial charge in [-0.05, 0) is 42.0 Å². The summed E-state index contributed by atoms with van der Waals surface area (Å²) in [5.74, 6) is -0.445. The highest BCUT2D eigenvalue weighted by atomic mass is 32.2. The smallest absolute Gasteiger partial charge is 0.261 e. The molecule has 3 aromatic carbocycles. The molecule has 0 aliphatic carbocycles. The van der Waals surface area contributed by atoms with E-state index in [9.17, 15) is 13.2 Å². The zero-order chi connectivity index (χ0) is 20.0. The minimum atomic E-state index is -3.81. The molecule has 0 aliphatic heterocycles. The van der Waals surface area contributed by atoms with E-state index >= 15 is 0 Å². The fraction of sp³-hybridized carbons (Fsp3) is 0.0476. The van der Waals surface area contributed by atoms with Gasteiger partial charge in [-0.1, -0.05) is 42.5 Å². The number of anilines is 2. The first-order valence-corrected chi connectivity index (χ1v) is 9.92. The Bertz CT molecular complexity index is 1120. The van der Waals surface area contributed by atoms with Crippen molar-refractivity contribution in [1.29, 1.82) is 5.26 Å². The van der Waals surface area contributed by atoms with E-state index in [0.717, 1.165) is 5.56 Å². The quantitative estimate of drug-likeness (QED) is 0.667. The number of nitriles is 1. The Morgan fingerprint density at radius 2 is 1.54 bits per heavy atom. The van der Waals surface area contributed by atoms with Crippen molar-refractivity contribution in [3.63, 3.8) is 0 Å². The SMILES string of the molecule is N#CCc1ccc(NC(=O)c2ccccc2NS(=O)(=O)c2ccccc2)cc1. The molecule has 0 atom stereocenters. The molecule has 140 valence electrons. The number of nitrogens with one attached hydrogen (secondary N) is 2. The summed E-state index contributed by atoms with van der Waals surface area (Å²) in [6.07, 6.45) is 0.290. The highest BCUT2D eigenvalue weighted by molar-refractivity contribution is 7.92. The van der Waals surface area contributed by atoms with Crippen LogP contribution in [0.1, 0.15) is 15.9 Å². The molecule has 3 aromatic rings. The van der Waals surface area contributed by atoms with Gasteiger partial charge in [0.15, 0.2) is 0 Å². The van der Waals surface area contributed by atoms with Crippen LogP contribution < -0.4 is 10.0 Å². The van der Waals surface area contributed by atoms with Crippen molar-refractivity contribution in [2.75, 3.05) is 10.0 Å². The number of benzene rings is 3. The van der Waals surface area contributed by atoms with Gasteiger partial charge in [-0.25, -0.2) is 8.42 Å². The van der Waals surface area contributed by atoms with Crippen molar-refractivity contribution in [3.05, 3.63) is 90.0 Å². The Morgan fingerprint density at radius 1 is 0.893 bits per heavy atom. The van der Waals surface area contributed by atoms with Gasteiger partial charge in [0.05, 0.1) is 28.6 Å². The lowest BCUT2D eigenvalue weighted by atomic mass is 10.1. The minimum absolute atomic E-state index is 0.110. The van der Waals surface area contributed by atoms with Gasteiger partial charge in [0.1, 0.15) is 0 Å². The molecule has 3 rings (SSSR count). The molecule has 0 aliphatic rings. The molecule has 1 amide bonds. The largest absolute Gasteiger partial charge is 0.322 e. The normalized spacial score (nSPS) is 10.7. The lowest BCUT2D eigenvalue weighted by Gasteiger charge is -2.13. The Hall–Kier alpha value is -3.63. The average Bonchev–Trinajstić information content (AvgIpc) is 2.70. The number of amides is 1. The van der Waals surface area contributed by atoms with E-state index in [1.807, 2.05) is 0 Å². The predicted molar refractivity (Wildman–Crippen MR) is 107 cm³/mol. The second-order valence-corrected chi connectivity index (χ2v) is 7.63. The van der Waals surface area contributed by atoms with Crippen molar-refractivity contribution in [2.45, 2.75) is 11.3 Å². The minimum Gasteiger partial charge on any atom is -0.322 e. The van der Waals surface area contributed by atoms with Crippen LogP contribution in [0.5, 0.6) is 0 Å². The monoisotopic (exact) mass is 391 g/mol. The standard InChI is InChI=1S/C21H17N3O3S/c22-15-14-16-10-12-17(13-11-16)23-21(25)19-8-4-5-9-20(19)24-28(26,27)18-6-2-1-3-7-18/h1-13,24H,14H2,(H,23,25). The molecule has 0 radical (unpaired) electrons. The van der Waals surface area contributed by atoms with Crippen LogP contribution in [0.15, 0.2) is 83.8 Å². The van der Waals surface area contributed by atoms with Gasteiger partial charge in [-0.2, -0.15) is 5.26 Å². The number of carbonyl (C=O) groups is 1. The third kappa shape index (κ3) is 4.55. The van der Waals surface area contributed by atoms with E-state index in [1.165, 1.54) is 18.2 Å². The number of sulfonamides is 1. The molecule has 0 saturated heterocycles. The number of nitrogens with zero attached hydrogens (tertiary/aromatic N) is 1. The Morgan fingerprint density at radius 3 is 2.21 bits per heavy atom. The molecule has 0 fully saturated rings. The number of carbonyl (C=O) groups excluding carboxylic acids is 1. The zero-order valence-corrected chi connectivity index (χ0v) is 15.6. The summed E-state index contributed by atoms with van der Waals surface area (Å²) in [6.45, 7) is 0. The highest BCUT2D eigenvalue weighted by Crippen LogP contribution is 2.21. The summed E-state index contributed by atoms with van der Waals surface area (Å²) in [7, 11) is -3.81. The van der Waals surface area contributed by atoms with Gasteiger partial charge in [0.25, 0.3) is 15.9 Å². The van der Waals surface area contributed by atoms with E-state index in [1.54, 1.807) is 60.7 Å². The van der Waals surface area contributed by atoms with Crippen LogP contribution in [0, 0.1) is 11.3 Å². The lowest BCUT2D eigenvalue weighted by Crippen LogP contribution is -2.18. The maximum atomic E-state index is 12.7. The first kappa shape index (κ1) is 19.1. The maximum absolute atomic E-state index is 12.7. The van der Waals surface area contributed by atoms with Gasteiger partial charge in [0.2, 0.25) is 0 Å². The fourth-order valence-corrected chi connectivity index (χ4v) is 3.67. The molecule has 0 bridgehead atoms. The maximum Gasteiger partial charge on any atom is 0.261 e. The van der Waals surface area contributed by atoms with Crippen LogP contribution >= 0.6 is 0 Å². The van der Waals surface area contributed by atoms with E-state index in [-0.39, 0.29) is 16.1 Å². The first-order valence-electron chi connectivity index (χ1n) is 8.44. The molecule has 0 saturated carbocycles. The molecular weight excluding hydrogens is 374 g/mol.